The number of ether oxygens (including phenoxy) is 1. The number of carbonyl (C=O) groups excluding carboxylic acids is 1. The normalized spacial score (nSPS) is 14.3. The van der Waals surface area contributed by atoms with Gasteiger partial charge in [-0.05, 0) is 56.2 Å². The Morgan fingerprint density at radius 1 is 1.00 bits per heavy atom. The number of piperazine rings is 1. The molecular formula is C26H29F3N4O2. The van der Waals surface area contributed by atoms with Gasteiger partial charge in [0.2, 0.25) is 5.91 Å². The first kappa shape index (κ1) is 24.6. The molecule has 3 aromatic rings. The fraction of sp³-hybridized carbons (Fsp3) is 0.385. The molecule has 1 fully saturated rings. The number of hydrogen-bond acceptors (Lipinski definition) is 4. The molecule has 0 radical (unpaired) electrons. The number of aromatic nitrogens is 2. The van der Waals surface area contributed by atoms with Gasteiger partial charge in [-0.1, -0.05) is 12.1 Å². The maximum absolute atomic E-state index is 13.0. The van der Waals surface area contributed by atoms with Gasteiger partial charge < -0.3 is 14.5 Å². The van der Waals surface area contributed by atoms with E-state index in [1.54, 1.807) is 18.1 Å². The standard InChI is InChI=1S/C26H29F3N4O2/c1-18-24(19(2)33(30-18)22-8-5-9-23(17-22)35-3)10-11-25(34)32-14-12-31(13-15-32)21-7-4-6-20(16-21)26(27,28)29/h4-9,16-17H,10-15H2,1-3H3. The van der Waals surface area contributed by atoms with E-state index in [1.807, 2.05) is 47.7 Å². The average molecular weight is 487 g/mol. The Morgan fingerprint density at radius 2 is 1.69 bits per heavy atom. The van der Waals surface area contributed by atoms with Gasteiger partial charge in [0.25, 0.3) is 0 Å². The van der Waals surface area contributed by atoms with Crippen LogP contribution in [0.5, 0.6) is 5.75 Å². The molecular weight excluding hydrogens is 457 g/mol. The van der Waals surface area contributed by atoms with E-state index < -0.39 is 11.7 Å². The largest absolute Gasteiger partial charge is 0.497 e. The maximum Gasteiger partial charge on any atom is 0.416 e. The van der Waals surface area contributed by atoms with Crippen LogP contribution in [0.4, 0.5) is 18.9 Å². The number of carbonyl (C=O) groups is 1. The molecule has 0 bridgehead atoms. The van der Waals surface area contributed by atoms with Gasteiger partial charge in [0.1, 0.15) is 5.75 Å². The van der Waals surface area contributed by atoms with E-state index in [2.05, 4.69) is 5.10 Å². The number of halogens is 3. The third kappa shape index (κ3) is 5.44. The van der Waals surface area contributed by atoms with Crippen LogP contribution in [0.15, 0.2) is 48.5 Å². The molecule has 186 valence electrons. The molecule has 1 aromatic heterocycles. The molecule has 4 rings (SSSR count). The summed E-state index contributed by atoms with van der Waals surface area (Å²) in [4.78, 5) is 16.6. The Balaban J connectivity index is 1.36. The molecule has 1 saturated heterocycles. The van der Waals surface area contributed by atoms with Crippen molar-refractivity contribution in [2.24, 2.45) is 0 Å². The van der Waals surface area contributed by atoms with Crippen molar-refractivity contribution in [3.8, 4) is 11.4 Å². The summed E-state index contributed by atoms with van der Waals surface area (Å²) in [7, 11) is 1.62. The van der Waals surface area contributed by atoms with Crippen molar-refractivity contribution in [2.45, 2.75) is 32.9 Å². The first-order valence-electron chi connectivity index (χ1n) is 11.6. The van der Waals surface area contributed by atoms with Gasteiger partial charge >= 0.3 is 6.18 Å². The summed E-state index contributed by atoms with van der Waals surface area (Å²) in [6.07, 6.45) is -3.44. The fourth-order valence-corrected chi connectivity index (χ4v) is 4.51. The van der Waals surface area contributed by atoms with E-state index in [1.165, 1.54) is 12.1 Å². The highest BCUT2D eigenvalue weighted by atomic mass is 19.4. The van der Waals surface area contributed by atoms with Crippen LogP contribution in [0.1, 0.15) is 28.9 Å². The van der Waals surface area contributed by atoms with Crippen molar-refractivity contribution < 1.29 is 22.7 Å². The summed E-state index contributed by atoms with van der Waals surface area (Å²) >= 11 is 0. The van der Waals surface area contributed by atoms with Crippen molar-refractivity contribution in [2.75, 3.05) is 38.2 Å². The zero-order valence-corrected chi connectivity index (χ0v) is 20.1. The molecule has 0 atom stereocenters. The molecule has 1 amide bonds. The third-order valence-electron chi connectivity index (χ3n) is 6.50. The predicted molar refractivity (Wildman–Crippen MR) is 128 cm³/mol. The maximum atomic E-state index is 13.0. The highest BCUT2D eigenvalue weighted by Gasteiger charge is 2.31. The van der Waals surface area contributed by atoms with Gasteiger partial charge in [-0.25, -0.2) is 4.68 Å². The lowest BCUT2D eigenvalue weighted by molar-refractivity contribution is -0.137. The number of nitrogens with zero attached hydrogens (tertiary/aromatic N) is 4. The summed E-state index contributed by atoms with van der Waals surface area (Å²) in [6, 6.07) is 13.0. The van der Waals surface area contributed by atoms with Crippen molar-refractivity contribution >= 4 is 11.6 Å². The SMILES string of the molecule is COc1cccc(-n2nc(C)c(CCC(=O)N3CCN(c4cccc(C(F)(F)F)c4)CC3)c2C)c1. The number of amides is 1. The van der Waals surface area contributed by atoms with E-state index >= 15 is 0 Å². The van der Waals surface area contributed by atoms with Crippen LogP contribution in [-0.2, 0) is 17.4 Å². The molecule has 0 saturated carbocycles. The molecule has 0 aliphatic carbocycles. The van der Waals surface area contributed by atoms with Gasteiger partial charge in [-0.2, -0.15) is 18.3 Å². The fourth-order valence-electron chi connectivity index (χ4n) is 4.51. The molecule has 6 nitrogen and oxygen atoms in total. The van der Waals surface area contributed by atoms with Gasteiger partial charge in [0, 0.05) is 50.0 Å². The topological polar surface area (TPSA) is 50.6 Å². The van der Waals surface area contributed by atoms with Gasteiger partial charge in [-0.3, -0.25) is 4.79 Å². The Kier molecular flexibility index (Phi) is 7.05. The molecule has 35 heavy (non-hydrogen) atoms. The van der Waals surface area contributed by atoms with Gasteiger partial charge in [-0.15, -0.1) is 0 Å². The van der Waals surface area contributed by atoms with Crippen LogP contribution in [-0.4, -0.2) is 53.9 Å². The molecule has 9 heteroatoms. The summed E-state index contributed by atoms with van der Waals surface area (Å²) in [5, 5.41) is 4.66. The Bertz CT molecular complexity index is 1200. The number of anilines is 1. The van der Waals surface area contributed by atoms with E-state index in [0.29, 0.717) is 44.7 Å². The highest BCUT2D eigenvalue weighted by Crippen LogP contribution is 2.32. The minimum absolute atomic E-state index is 0.0432. The van der Waals surface area contributed by atoms with Gasteiger partial charge in [0.15, 0.2) is 0 Å². The van der Waals surface area contributed by atoms with Crippen molar-refractivity contribution in [3.63, 3.8) is 0 Å². The Labute approximate surface area is 202 Å². The van der Waals surface area contributed by atoms with Crippen molar-refractivity contribution in [1.29, 1.82) is 0 Å². The second kappa shape index (κ2) is 10.0. The number of benzene rings is 2. The minimum atomic E-state index is -4.37. The van der Waals surface area contributed by atoms with E-state index in [-0.39, 0.29) is 5.91 Å². The van der Waals surface area contributed by atoms with Crippen molar-refractivity contribution in [1.82, 2.24) is 14.7 Å². The zero-order valence-electron chi connectivity index (χ0n) is 20.1. The lowest BCUT2D eigenvalue weighted by Crippen LogP contribution is -2.48. The number of alkyl halides is 3. The second-order valence-corrected chi connectivity index (χ2v) is 8.68. The number of methoxy groups -OCH3 is 1. The Morgan fingerprint density at radius 3 is 2.37 bits per heavy atom. The summed E-state index contributed by atoms with van der Waals surface area (Å²) in [5.41, 5.74) is 3.68. The molecule has 0 N–H and O–H groups in total. The highest BCUT2D eigenvalue weighted by molar-refractivity contribution is 5.77. The molecule has 2 aromatic carbocycles. The van der Waals surface area contributed by atoms with Crippen molar-refractivity contribution in [3.05, 3.63) is 71.0 Å². The van der Waals surface area contributed by atoms with Crippen LogP contribution < -0.4 is 9.64 Å². The quantitative estimate of drug-likeness (QED) is 0.503. The van der Waals surface area contributed by atoms with Gasteiger partial charge in [0.05, 0.1) is 24.1 Å². The lowest BCUT2D eigenvalue weighted by atomic mass is 10.1. The average Bonchev–Trinajstić information content (AvgIpc) is 3.15. The minimum Gasteiger partial charge on any atom is -0.497 e. The van der Waals surface area contributed by atoms with Crippen LogP contribution >= 0.6 is 0 Å². The molecule has 1 aliphatic heterocycles. The lowest BCUT2D eigenvalue weighted by Gasteiger charge is -2.36. The van der Waals surface area contributed by atoms with E-state index in [0.717, 1.165) is 34.5 Å². The predicted octanol–water partition coefficient (Wildman–Crippen LogP) is 4.80. The first-order valence-corrected chi connectivity index (χ1v) is 11.6. The first-order chi connectivity index (χ1) is 16.7. The smallest absolute Gasteiger partial charge is 0.416 e. The second-order valence-electron chi connectivity index (χ2n) is 8.68. The monoisotopic (exact) mass is 486 g/mol. The summed E-state index contributed by atoms with van der Waals surface area (Å²) in [6.45, 7) is 5.90. The number of hydrogen-bond donors (Lipinski definition) is 0. The van der Waals surface area contributed by atoms with Crippen LogP contribution in [0.3, 0.4) is 0 Å². The molecule has 0 spiro atoms. The number of rotatable bonds is 6. The number of aryl methyl sites for hydroxylation is 1. The van der Waals surface area contributed by atoms with Crippen LogP contribution in [0.2, 0.25) is 0 Å². The molecule has 0 unspecified atom stereocenters. The van der Waals surface area contributed by atoms with E-state index in [4.69, 9.17) is 4.74 Å². The van der Waals surface area contributed by atoms with Crippen LogP contribution in [0.25, 0.3) is 5.69 Å². The zero-order chi connectivity index (χ0) is 25.2. The third-order valence-corrected chi connectivity index (χ3v) is 6.50. The van der Waals surface area contributed by atoms with E-state index in [9.17, 15) is 18.0 Å². The molecule has 2 heterocycles. The summed E-state index contributed by atoms with van der Waals surface area (Å²) < 4.78 is 46.3. The van der Waals surface area contributed by atoms with Crippen LogP contribution in [0, 0.1) is 13.8 Å². The Hall–Kier alpha value is -3.49. The summed E-state index contributed by atoms with van der Waals surface area (Å²) in [5.74, 6) is 0.790. The molecule has 1 aliphatic rings.